The number of benzene rings is 2. The van der Waals surface area contributed by atoms with Crippen LogP contribution in [-0.4, -0.2) is 50.0 Å². The molecule has 2 amide bonds. The number of carbonyl (C=O) groups is 2. The topological polar surface area (TPSA) is 86.8 Å². The molecule has 0 radical (unpaired) electrons. The molecule has 1 saturated carbocycles. The van der Waals surface area contributed by atoms with Crippen molar-refractivity contribution in [3.8, 4) is 0 Å². The zero-order valence-corrected chi connectivity index (χ0v) is 24.0. The second kappa shape index (κ2) is 13.2. The molecule has 37 heavy (non-hydrogen) atoms. The maximum Gasteiger partial charge on any atom is 0.242 e. The highest BCUT2D eigenvalue weighted by Crippen LogP contribution is 2.25. The smallest absolute Gasteiger partial charge is 0.242 e. The molecule has 1 aliphatic carbocycles. The van der Waals surface area contributed by atoms with E-state index in [1.54, 1.807) is 49.4 Å². The summed E-state index contributed by atoms with van der Waals surface area (Å²) >= 11 is 18.2. The number of sulfonamides is 1. The molecule has 1 fully saturated rings. The molecule has 7 nitrogen and oxygen atoms in total. The third-order valence-electron chi connectivity index (χ3n) is 6.47. The average molecular weight is 589 g/mol. The minimum Gasteiger partial charge on any atom is -0.352 e. The molecule has 2 aromatic carbocycles. The van der Waals surface area contributed by atoms with Crippen molar-refractivity contribution >= 4 is 62.3 Å². The molecule has 3 rings (SSSR count). The largest absolute Gasteiger partial charge is 0.352 e. The van der Waals surface area contributed by atoms with Crippen LogP contribution in [0.2, 0.25) is 15.1 Å². The summed E-state index contributed by atoms with van der Waals surface area (Å²) in [6.07, 6.45) is 5.47. The van der Waals surface area contributed by atoms with Crippen LogP contribution in [0.5, 0.6) is 0 Å². The van der Waals surface area contributed by atoms with Gasteiger partial charge in [0, 0.05) is 30.6 Å². The average Bonchev–Trinajstić information content (AvgIpc) is 3.35. The summed E-state index contributed by atoms with van der Waals surface area (Å²) in [5.41, 5.74) is 1.21. The van der Waals surface area contributed by atoms with E-state index in [1.807, 2.05) is 0 Å². The second-order valence-corrected chi connectivity index (χ2v) is 12.5. The molecule has 0 saturated heterocycles. The first kappa shape index (κ1) is 29.6. The molecular formula is C26H32Cl3N3O4S. The first-order valence-electron chi connectivity index (χ1n) is 12.2. The van der Waals surface area contributed by atoms with Crippen LogP contribution < -0.4 is 9.62 Å². The number of halogens is 3. The number of amides is 2. The van der Waals surface area contributed by atoms with Crippen molar-refractivity contribution in [2.24, 2.45) is 0 Å². The van der Waals surface area contributed by atoms with Crippen LogP contribution in [-0.2, 0) is 26.2 Å². The number of hydrogen-bond acceptors (Lipinski definition) is 4. The maximum atomic E-state index is 13.4. The fraction of sp³-hybridized carbons (Fsp3) is 0.462. The van der Waals surface area contributed by atoms with Gasteiger partial charge in [0.25, 0.3) is 0 Å². The van der Waals surface area contributed by atoms with E-state index in [4.69, 9.17) is 34.8 Å². The normalized spacial score (nSPS) is 14.8. The van der Waals surface area contributed by atoms with Crippen LogP contribution in [0.1, 0.15) is 51.0 Å². The quantitative estimate of drug-likeness (QED) is 0.367. The Morgan fingerprint density at radius 3 is 2.27 bits per heavy atom. The lowest BCUT2D eigenvalue weighted by Crippen LogP contribution is -2.49. The van der Waals surface area contributed by atoms with E-state index in [-0.39, 0.29) is 43.8 Å². The number of rotatable bonds is 11. The summed E-state index contributed by atoms with van der Waals surface area (Å²) in [4.78, 5) is 27.9. The van der Waals surface area contributed by atoms with Gasteiger partial charge < -0.3 is 10.2 Å². The Balaban J connectivity index is 1.73. The van der Waals surface area contributed by atoms with E-state index < -0.39 is 16.1 Å². The summed E-state index contributed by atoms with van der Waals surface area (Å²) in [5, 5.41) is 4.32. The Bertz CT molecular complexity index is 1200. The first-order chi connectivity index (χ1) is 17.5. The molecule has 1 aliphatic rings. The number of hydrogen-bond donors (Lipinski definition) is 1. The van der Waals surface area contributed by atoms with Gasteiger partial charge in [0.1, 0.15) is 6.04 Å². The number of anilines is 1. The molecule has 0 unspecified atom stereocenters. The van der Waals surface area contributed by atoms with Gasteiger partial charge in [0.15, 0.2) is 0 Å². The molecule has 0 spiro atoms. The summed E-state index contributed by atoms with van der Waals surface area (Å²) in [5.74, 6) is -0.469. The molecular weight excluding hydrogens is 557 g/mol. The van der Waals surface area contributed by atoms with E-state index >= 15 is 0 Å². The van der Waals surface area contributed by atoms with Crippen molar-refractivity contribution in [2.45, 2.75) is 64.1 Å². The summed E-state index contributed by atoms with van der Waals surface area (Å²) in [7, 11) is -3.58. The standard InChI is InChI=1S/C26H32Cl3N3O4S/c1-18(26(34)30-21-6-3-4-7-21)31(17-19-9-14-23(28)24(29)16-19)25(33)8-5-15-32(37(2,35)36)22-12-10-20(27)11-13-22/h9-14,16,18,21H,3-8,15,17H2,1-2H3,(H,30,34)/t18-/m1/s1. The lowest BCUT2D eigenvalue weighted by molar-refractivity contribution is -0.141. The van der Waals surface area contributed by atoms with Gasteiger partial charge >= 0.3 is 0 Å². The predicted molar refractivity (Wildman–Crippen MR) is 150 cm³/mol. The SMILES string of the molecule is C[C@H](C(=O)NC1CCCC1)N(Cc1ccc(Cl)c(Cl)c1)C(=O)CCCN(c1ccc(Cl)cc1)S(C)(=O)=O. The van der Waals surface area contributed by atoms with Crippen molar-refractivity contribution in [3.63, 3.8) is 0 Å². The molecule has 0 aromatic heterocycles. The van der Waals surface area contributed by atoms with Crippen LogP contribution in [0.4, 0.5) is 5.69 Å². The Morgan fingerprint density at radius 1 is 1.03 bits per heavy atom. The minimum absolute atomic E-state index is 0.0575. The third-order valence-corrected chi connectivity index (χ3v) is 8.66. The summed E-state index contributed by atoms with van der Waals surface area (Å²) in [6.45, 7) is 1.98. The maximum absolute atomic E-state index is 13.4. The van der Waals surface area contributed by atoms with Crippen molar-refractivity contribution in [1.29, 1.82) is 0 Å². The van der Waals surface area contributed by atoms with Gasteiger partial charge in [-0.25, -0.2) is 8.42 Å². The van der Waals surface area contributed by atoms with E-state index in [9.17, 15) is 18.0 Å². The van der Waals surface area contributed by atoms with Gasteiger partial charge in [0.05, 0.1) is 22.0 Å². The highest BCUT2D eigenvalue weighted by Gasteiger charge is 2.29. The highest BCUT2D eigenvalue weighted by molar-refractivity contribution is 7.92. The lowest BCUT2D eigenvalue weighted by atomic mass is 10.1. The number of nitrogens with one attached hydrogen (secondary N) is 1. The fourth-order valence-corrected chi connectivity index (χ4v) is 5.83. The molecule has 1 N–H and O–H groups in total. The second-order valence-electron chi connectivity index (χ2n) is 9.35. The Labute approximate surface area is 234 Å². The monoisotopic (exact) mass is 587 g/mol. The van der Waals surface area contributed by atoms with Crippen LogP contribution in [0, 0.1) is 0 Å². The zero-order valence-electron chi connectivity index (χ0n) is 20.9. The van der Waals surface area contributed by atoms with E-state index in [0.29, 0.717) is 20.8 Å². The third kappa shape index (κ3) is 8.50. The zero-order chi connectivity index (χ0) is 27.2. The van der Waals surface area contributed by atoms with E-state index in [2.05, 4.69) is 5.32 Å². The van der Waals surface area contributed by atoms with Gasteiger partial charge in [-0.15, -0.1) is 0 Å². The van der Waals surface area contributed by atoms with Crippen LogP contribution >= 0.6 is 34.8 Å². The van der Waals surface area contributed by atoms with Crippen molar-refractivity contribution in [3.05, 3.63) is 63.1 Å². The van der Waals surface area contributed by atoms with Gasteiger partial charge in [-0.3, -0.25) is 13.9 Å². The van der Waals surface area contributed by atoms with Crippen molar-refractivity contribution in [2.75, 3.05) is 17.1 Å². The fourth-order valence-electron chi connectivity index (χ4n) is 4.42. The van der Waals surface area contributed by atoms with Crippen LogP contribution in [0.3, 0.4) is 0 Å². The molecule has 2 aromatic rings. The van der Waals surface area contributed by atoms with Gasteiger partial charge in [-0.05, 0) is 68.1 Å². The minimum atomic E-state index is -3.58. The first-order valence-corrected chi connectivity index (χ1v) is 15.2. The Kier molecular flexibility index (Phi) is 10.5. The number of nitrogens with zero attached hydrogens (tertiary/aromatic N) is 2. The molecule has 0 bridgehead atoms. The molecule has 0 heterocycles. The predicted octanol–water partition coefficient (Wildman–Crippen LogP) is 5.67. The summed E-state index contributed by atoms with van der Waals surface area (Å²) in [6, 6.07) is 11.0. The molecule has 202 valence electrons. The van der Waals surface area contributed by atoms with E-state index in [1.165, 1.54) is 9.21 Å². The van der Waals surface area contributed by atoms with Gasteiger partial charge in [-0.1, -0.05) is 53.7 Å². The van der Waals surface area contributed by atoms with Crippen LogP contribution in [0.15, 0.2) is 42.5 Å². The lowest BCUT2D eigenvalue weighted by Gasteiger charge is -2.30. The van der Waals surface area contributed by atoms with Crippen molar-refractivity contribution in [1.82, 2.24) is 10.2 Å². The van der Waals surface area contributed by atoms with E-state index in [0.717, 1.165) is 37.5 Å². The molecule has 1 atom stereocenters. The Morgan fingerprint density at radius 2 is 1.68 bits per heavy atom. The Hall–Kier alpha value is -2.00. The van der Waals surface area contributed by atoms with Gasteiger partial charge in [-0.2, -0.15) is 0 Å². The van der Waals surface area contributed by atoms with Crippen molar-refractivity contribution < 1.29 is 18.0 Å². The molecule has 11 heteroatoms. The summed E-state index contributed by atoms with van der Waals surface area (Å²) < 4.78 is 26.1. The number of carbonyl (C=O) groups excluding carboxylic acids is 2. The van der Waals surface area contributed by atoms with Crippen LogP contribution in [0.25, 0.3) is 0 Å². The molecule has 0 aliphatic heterocycles. The highest BCUT2D eigenvalue weighted by atomic mass is 35.5. The van der Waals surface area contributed by atoms with Gasteiger partial charge in [0.2, 0.25) is 21.8 Å².